The van der Waals surface area contributed by atoms with Crippen LogP contribution in [0.4, 0.5) is 4.79 Å². The smallest absolute Gasteiger partial charge is 0.407 e. The van der Waals surface area contributed by atoms with Gasteiger partial charge < -0.3 is 15.2 Å². The highest BCUT2D eigenvalue weighted by molar-refractivity contribution is 6.34. The Labute approximate surface area is 149 Å². The lowest BCUT2D eigenvalue weighted by molar-refractivity contribution is -0.137. The van der Waals surface area contributed by atoms with Crippen molar-refractivity contribution in [3.05, 3.63) is 69.7 Å². The Morgan fingerprint density at radius 3 is 2.29 bits per heavy atom. The molecule has 0 saturated carbocycles. The van der Waals surface area contributed by atoms with Crippen molar-refractivity contribution in [2.24, 2.45) is 0 Å². The fourth-order valence-corrected chi connectivity index (χ4v) is 2.65. The summed E-state index contributed by atoms with van der Waals surface area (Å²) in [6, 6.07) is 13.0. The summed E-state index contributed by atoms with van der Waals surface area (Å²) in [7, 11) is 0. The highest BCUT2D eigenvalue weighted by Gasteiger charge is 2.20. The number of carboxylic acid groups (broad SMARTS) is 1. The second kappa shape index (κ2) is 8.57. The number of halogens is 2. The van der Waals surface area contributed by atoms with Crippen LogP contribution in [-0.2, 0) is 16.1 Å². The normalized spacial score (nSPS) is 11.6. The molecule has 126 valence electrons. The molecule has 2 rings (SSSR count). The summed E-state index contributed by atoms with van der Waals surface area (Å²) in [5, 5.41) is 12.3. The first-order chi connectivity index (χ1) is 11.4. The predicted octanol–water partition coefficient (Wildman–Crippen LogP) is 4.44. The van der Waals surface area contributed by atoms with E-state index in [9.17, 15) is 9.59 Å². The van der Waals surface area contributed by atoms with E-state index in [4.69, 9.17) is 33.0 Å². The highest BCUT2D eigenvalue weighted by atomic mass is 35.5. The average molecular weight is 368 g/mol. The maximum atomic E-state index is 12.0. The number of ether oxygens (including phenoxy) is 1. The van der Waals surface area contributed by atoms with Crippen LogP contribution in [-0.4, -0.2) is 17.2 Å². The second-order valence-corrected chi connectivity index (χ2v) is 5.93. The van der Waals surface area contributed by atoms with Gasteiger partial charge in [0.2, 0.25) is 0 Å². The molecule has 24 heavy (non-hydrogen) atoms. The lowest BCUT2D eigenvalue weighted by atomic mass is 10.0. The minimum atomic E-state index is -1.07. The van der Waals surface area contributed by atoms with Gasteiger partial charge in [0.15, 0.2) is 0 Å². The first-order valence-electron chi connectivity index (χ1n) is 7.09. The summed E-state index contributed by atoms with van der Waals surface area (Å²) in [5.41, 5.74) is 1.32. The van der Waals surface area contributed by atoms with E-state index in [0.717, 1.165) is 5.56 Å². The van der Waals surface area contributed by atoms with Gasteiger partial charge in [0.25, 0.3) is 0 Å². The summed E-state index contributed by atoms with van der Waals surface area (Å²) in [4.78, 5) is 23.0. The van der Waals surface area contributed by atoms with Gasteiger partial charge in [-0.2, -0.15) is 0 Å². The van der Waals surface area contributed by atoms with Crippen LogP contribution < -0.4 is 5.32 Å². The number of aliphatic carboxylic acids is 1. The summed E-state index contributed by atoms with van der Waals surface area (Å²) >= 11 is 11.9. The molecule has 0 saturated heterocycles. The number of hydrogen-bond acceptors (Lipinski definition) is 3. The Morgan fingerprint density at radius 2 is 1.71 bits per heavy atom. The standard InChI is InChI=1S/C17H15Cl2NO4/c18-13-6-12(7-14(19)8-13)15(9-16(21)22)20-17(23)24-10-11-4-2-1-3-5-11/h1-8,15H,9-10H2,(H,20,23)(H,21,22)/t15-/m1/s1. The van der Waals surface area contributed by atoms with Crippen molar-refractivity contribution in [1.82, 2.24) is 5.32 Å². The fraction of sp³-hybridized carbons (Fsp3) is 0.176. The summed E-state index contributed by atoms with van der Waals surface area (Å²) < 4.78 is 5.11. The van der Waals surface area contributed by atoms with Gasteiger partial charge in [-0.15, -0.1) is 0 Å². The quantitative estimate of drug-likeness (QED) is 0.791. The molecule has 0 aromatic heterocycles. The molecule has 0 fully saturated rings. The van der Waals surface area contributed by atoms with Crippen LogP contribution in [0.15, 0.2) is 48.5 Å². The SMILES string of the molecule is O=C(O)C[C@@H](NC(=O)OCc1ccccc1)c1cc(Cl)cc(Cl)c1. The molecule has 0 aliphatic carbocycles. The monoisotopic (exact) mass is 367 g/mol. The molecule has 5 nitrogen and oxygen atoms in total. The number of carbonyl (C=O) groups excluding carboxylic acids is 1. The van der Waals surface area contributed by atoms with Gasteiger partial charge in [0.05, 0.1) is 12.5 Å². The van der Waals surface area contributed by atoms with Crippen molar-refractivity contribution in [1.29, 1.82) is 0 Å². The molecular formula is C17H15Cl2NO4. The zero-order valence-corrected chi connectivity index (χ0v) is 14.1. The molecule has 0 unspecified atom stereocenters. The number of benzene rings is 2. The zero-order chi connectivity index (χ0) is 17.5. The van der Waals surface area contributed by atoms with E-state index in [-0.39, 0.29) is 13.0 Å². The Kier molecular flexibility index (Phi) is 6.46. The van der Waals surface area contributed by atoms with Crippen molar-refractivity contribution in [3.8, 4) is 0 Å². The molecule has 0 spiro atoms. The molecule has 0 bridgehead atoms. The number of carboxylic acids is 1. The van der Waals surface area contributed by atoms with Gasteiger partial charge in [0.1, 0.15) is 6.61 Å². The number of rotatable bonds is 6. The lowest BCUT2D eigenvalue weighted by Gasteiger charge is -2.18. The van der Waals surface area contributed by atoms with Crippen LogP contribution in [0, 0.1) is 0 Å². The van der Waals surface area contributed by atoms with Crippen molar-refractivity contribution >= 4 is 35.3 Å². The summed E-state index contributed by atoms with van der Waals surface area (Å²) in [5.74, 6) is -1.07. The third-order valence-corrected chi connectivity index (χ3v) is 3.61. The molecule has 0 radical (unpaired) electrons. The Bertz CT molecular complexity index is 702. The van der Waals surface area contributed by atoms with Crippen LogP contribution in [0.25, 0.3) is 0 Å². The first-order valence-corrected chi connectivity index (χ1v) is 7.84. The van der Waals surface area contributed by atoms with Crippen LogP contribution in [0.2, 0.25) is 10.0 Å². The molecule has 1 amide bonds. The molecule has 0 aliphatic heterocycles. The first kappa shape index (κ1) is 18.1. The van der Waals surface area contributed by atoms with Gasteiger partial charge >= 0.3 is 12.1 Å². The minimum Gasteiger partial charge on any atom is -0.481 e. The third kappa shape index (κ3) is 5.76. The van der Waals surface area contributed by atoms with Crippen molar-refractivity contribution in [2.45, 2.75) is 19.1 Å². The number of carbonyl (C=O) groups is 2. The summed E-state index contributed by atoms with van der Waals surface area (Å²) in [6.45, 7) is 0.0861. The van der Waals surface area contributed by atoms with E-state index >= 15 is 0 Å². The predicted molar refractivity (Wildman–Crippen MR) is 91.2 cm³/mol. The van der Waals surface area contributed by atoms with E-state index in [1.807, 2.05) is 30.3 Å². The maximum absolute atomic E-state index is 12.0. The molecule has 0 aliphatic rings. The largest absolute Gasteiger partial charge is 0.481 e. The molecule has 7 heteroatoms. The zero-order valence-electron chi connectivity index (χ0n) is 12.5. The van der Waals surface area contributed by atoms with Gasteiger partial charge in [-0.05, 0) is 29.3 Å². The minimum absolute atomic E-state index is 0.0861. The van der Waals surface area contributed by atoms with E-state index < -0.39 is 18.1 Å². The van der Waals surface area contributed by atoms with Crippen molar-refractivity contribution in [3.63, 3.8) is 0 Å². The van der Waals surface area contributed by atoms with Crippen LogP contribution in [0.1, 0.15) is 23.6 Å². The number of alkyl carbamates (subject to hydrolysis) is 1. The highest BCUT2D eigenvalue weighted by Crippen LogP contribution is 2.25. The molecule has 2 aromatic carbocycles. The van der Waals surface area contributed by atoms with E-state index in [0.29, 0.717) is 15.6 Å². The summed E-state index contributed by atoms with van der Waals surface area (Å²) in [6.07, 6.45) is -1.04. The molecule has 2 aromatic rings. The average Bonchev–Trinajstić information content (AvgIpc) is 2.52. The number of hydrogen-bond donors (Lipinski definition) is 2. The van der Waals surface area contributed by atoms with Gasteiger partial charge in [0, 0.05) is 10.0 Å². The molecule has 1 atom stereocenters. The van der Waals surface area contributed by atoms with E-state index in [2.05, 4.69) is 5.32 Å². The molecule has 0 heterocycles. The topological polar surface area (TPSA) is 75.6 Å². The van der Waals surface area contributed by atoms with Crippen LogP contribution >= 0.6 is 23.2 Å². The van der Waals surface area contributed by atoms with Gasteiger partial charge in [-0.25, -0.2) is 4.79 Å². The van der Waals surface area contributed by atoms with Gasteiger partial charge in [-0.1, -0.05) is 53.5 Å². The maximum Gasteiger partial charge on any atom is 0.407 e. The van der Waals surface area contributed by atoms with Gasteiger partial charge in [-0.3, -0.25) is 4.79 Å². The second-order valence-electron chi connectivity index (χ2n) is 5.06. The Hall–Kier alpha value is -2.24. The van der Waals surface area contributed by atoms with E-state index in [1.165, 1.54) is 6.07 Å². The van der Waals surface area contributed by atoms with Crippen LogP contribution in [0.5, 0.6) is 0 Å². The Morgan fingerprint density at radius 1 is 1.08 bits per heavy atom. The molecule has 2 N–H and O–H groups in total. The number of nitrogens with one attached hydrogen (secondary N) is 1. The third-order valence-electron chi connectivity index (χ3n) is 3.17. The van der Waals surface area contributed by atoms with Crippen molar-refractivity contribution < 1.29 is 19.4 Å². The Balaban J connectivity index is 2.05. The molecular weight excluding hydrogens is 353 g/mol. The van der Waals surface area contributed by atoms with Crippen LogP contribution in [0.3, 0.4) is 0 Å². The lowest BCUT2D eigenvalue weighted by Crippen LogP contribution is -2.30. The number of amides is 1. The van der Waals surface area contributed by atoms with Crippen molar-refractivity contribution in [2.75, 3.05) is 0 Å². The van der Waals surface area contributed by atoms with E-state index in [1.54, 1.807) is 12.1 Å². The fourth-order valence-electron chi connectivity index (χ4n) is 2.11.